The molecule has 0 radical (unpaired) electrons. The fourth-order valence-corrected chi connectivity index (χ4v) is 2.42. The highest BCUT2D eigenvalue weighted by Crippen LogP contribution is 2.05. The largest absolute Gasteiger partial charge is 0.463 e. The first kappa shape index (κ1) is 16.8. The monoisotopic (exact) mass is 322 g/mol. The van der Waals surface area contributed by atoms with Gasteiger partial charge in [0.25, 0.3) is 5.56 Å². The van der Waals surface area contributed by atoms with Gasteiger partial charge in [0.2, 0.25) is 0 Å². The Bertz CT molecular complexity index is 880. The van der Waals surface area contributed by atoms with Gasteiger partial charge in [-0.1, -0.05) is 0 Å². The number of fused-ring (bicyclic) bond motifs is 1. The second kappa shape index (κ2) is 6.67. The van der Waals surface area contributed by atoms with Gasteiger partial charge in [-0.3, -0.25) is 18.7 Å². The van der Waals surface area contributed by atoms with Crippen LogP contribution in [0.1, 0.15) is 33.1 Å². The van der Waals surface area contributed by atoms with E-state index in [1.165, 1.54) is 14.0 Å². The molecule has 0 bridgehead atoms. The predicted octanol–water partition coefficient (Wildman–Crippen LogP) is -0.958. The molecule has 23 heavy (non-hydrogen) atoms. The smallest absolute Gasteiger partial charge is 0.369 e. The van der Waals surface area contributed by atoms with Crippen molar-refractivity contribution in [2.45, 2.75) is 45.8 Å². The first-order chi connectivity index (χ1) is 10.8. The molecule has 0 aromatic carbocycles. The van der Waals surface area contributed by atoms with Gasteiger partial charge < -0.3 is 4.74 Å². The number of carbonyl (C=O) groups is 2. The number of hydrogen-bond donors (Lipinski definition) is 0. The zero-order chi connectivity index (χ0) is 17.1. The number of amides is 2. The van der Waals surface area contributed by atoms with Crippen LogP contribution in [0.15, 0.2) is 19.6 Å². The summed E-state index contributed by atoms with van der Waals surface area (Å²) in [5, 5.41) is -0.0922. The number of nitrogens with zero attached hydrogens (tertiary/aromatic N) is 4. The summed E-state index contributed by atoms with van der Waals surface area (Å²) in [5.74, 6) is -0.337. The molecule has 0 saturated carbocycles. The van der Waals surface area contributed by atoms with E-state index in [9.17, 15) is 19.2 Å². The Labute approximate surface area is 130 Å². The minimum absolute atomic E-state index is 0.00438. The van der Waals surface area contributed by atoms with Gasteiger partial charge in [0, 0.05) is 20.5 Å². The molecule has 1 aromatic heterocycles. The zero-order valence-electron chi connectivity index (χ0n) is 13.2. The summed E-state index contributed by atoms with van der Waals surface area (Å²) in [4.78, 5) is 53.5. The Morgan fingerprint density at radius 2 is 1.91 bits per heavy atom. The average molecular weight is 322 g/mol. The third-order valence-corrected chi connectivity index (χ3v) is 3.51. The van der Waals surface area contributed by atoms with E-state index >= 15 is 0 Å². The Hall–Kier alpha value is -2.58. The molecule has 1 aliphatic heterocycles. The Morgan fingerprint density at radius 3 is 2.57 bits per heavy atom. The molecule has 0 aliphatic carbocycles. The van der Waals surface area contributed by atoms with Crippen molar-refractivity contribution >= 4 is 12.0 Å². The molecule has 0 spiro atoms. The summed E-state index contributed by atoms with van der Waals surface area (Å²) in [5.41, 5.74) is -1.13. The maximum Gasteiger partial charge on any atom is 0.369 e. The molecule has 9 nitrogen and oxygen atoms in total. The number of ether oxygens (including phenoxy) is 1. The number of rotatable bonds is 6. The van der Waals surface area contributed by atoms with Crippen LogP contribution in [0, 0.1) is 0 Å². The maximum absolute atomic E-state index is 12.2. The average Bonchev–Trinajstić information content (AvgIpc) is 2.85. The second-order valence-electron chi connectivity index (χ2n) is 5.39. The van der Waals surface area contributed by atoms with Gasteiger partial charge in [-0.05, 0) is 26.2 Å². The second-order valence-corrected chi connectivity index (χ2v) is 5.39. The zero-order valence-corrected chi connectivity index (χ0v) is 13.2. The molecule has 0 N–H and O–H groups in total. The molecular formula is C14H18N4O5. The first-order valence-electron chi connectivity index (χ1n) is 7.29. The summed E-state index contributed by atoms with van der Waals surface area (Å²) in [6.07, 6.45) is 1.67. The van der Waals surface area contributed by atoms with Gasteiger partial charge in [-0.2, -0.15) is 9.98 Å². The fourth-order valence-electron chi connectivity index (χ4n) is 2.42. The molecule has 0 saturated heterocycles. The summed E-state index contributed by atoms with van der Waals surface area (Å²) in [6, 6.07) is -0.778. The van der Waals surface area contributed by atoms with Crippen molar-refractivity contribution in [3.8, 4) is 0 Å². The molecule has 2 rings (SSSR count). The Kier molecular flexibility index (Phi) is 4.87. The minimum Gasteiger partial charge on any atom is -0.463 e. The van der Waals surface area contributed by atoms with Crippen molar-refractivity contribution in [3.05, 3.63) is 31.7 Å². The van der Waals surface area contributed by atoms with Gasteiger partial charge in [-0.25, -0.2) is 9.59 Å². The number of urea groups is 1. The van der Waals surface area contributed by atoms with Crippen molar-refractivity contribution in [1.29, 1.82) is 0 Å². The highest BCUT2D eigenvalue weighted by atomic mass is 16.5. The van der Waals surface area contributed by atoms with E-state index in [0.717, 1.165) is 9.13 Å². The van der Waals surface area contributed by atoms with Crippen molar-refractivity contribution < 1.29 is 14.3 Å². The van der Waals surface area contributed by atoms with Crippen LogP contribution in [-0.2, 0) is 23.1 Å². The van der Waals surface area contributed by atoms with E-state index in [2.05, 4.69) is 9.98 Å². The van der Waals surface area contributed by atoms with Crippen molar-refractivity contribution in [1.82, 2.24) is 9.13 Å². The molecule has 1 aromatic rings. The Morgan fingerprint density at radius 1 is 1.22 bits per heavy atom. The normalized spacial score (nSPS) is 14.0. The lowest BCUT2D eigenvalue weighted by Crippen LogP contribution is -2.56. The molecular weight excluding hydrogens is 304 g/mol. The van der Waals surface area contributed by atoms with Crippen LogP contribution >= 0.6 is 0 Å². The van der Waals surface area contributed by atoms with Crippen LogP contribution in [0.3, 0.4) is 0 Å². The lowest BCUT2D eigenvalue weighted by molar-refractivity contribution is -0.145. The molecule has 124 valence electrons. The Balaban J connectivity index is 2.12. The van der Waals surface area contributed by atoms with Crippen LogP contribution in [0.25, 0.3) is 0 Å². The van der Waals surface area contributed by atoms with E-state index in [-0.39, 0.29) is 29.5 Å². The van der Waals surface area contributed by atoms with Gasteiger partial charge >= 0.3 is 17.7 Å². The molecule has 2 amide bonds. The third kappa shape index (κ3) is 3.61. The van der Waals surface area contributed by atoms with Crippen LogP contribution in [0.2, 0.25) is 0 Å². The van der Waals surface area contributed by atoms with Gasteiger partial charge in [0.05, 0.1) is 6.10 Å². The van der Waals surface area contributed by atoms with Crippen LogP contribution in [0.5, 0.6) is 0 Å². The van der Waals surface area contributed by atoms with Crippen molar-refractivity contribution in [2.75, 3.05) is 0 Å². The summed E-state index contributed by atoms with van der Waals surface area (Å²) in [7, 11) is 1.44. The van der Waals surface area contributed by atoms with Crippen LogP contribution in [-0.4, -0.2) is 27.2 Å². The van der Waals surface area contributed by atoms with E-state index in [1.807, 2.05) is 0 Å². The highest BCUT2D eigenvalue weighted by Gasteiger charge is 2.16. The predicted molar refractivity (Wildman–Crippen MR) is 78.7 cm³/mol. The van der Waals surface area contributed by atoms with E-state index in [4.69, 9.17) is 4.74 Å². The van der Waals surface area contributed by atoms with Crippen molar-refractivity contribution in [3.63, 3.8) is 0 Å². The van der Waals surface area contributed by atoms with Gasteiger partial charge in [0.15, 0.2) is 10.8 Å². The third-order valence-electron chi connectivity index (χ3n) is 3.51. The summed E-state index contributed by atoms with van der Waals surface area (Å²) in [6.45, 7) is 3.34. The maximum atomic E-state index is 12.2. The van der Waals surface area contributed by atoms with Gasteiger partial charge in [0.1, 0.15) is 0 Å². The molecule has 1 atom stereocenters. The number of aromatic nitrogens is 2. The number of unbranched alkanes of at least 4 members (excludes halogenated alkanes) is 1. The highest BCUT2D eigenvalue weighted by molar-refractivity contribution is 5.77. The quantitative estimate of drug-likeness (QED) is 0.494. The lowest BCUT2D eigenvalue weighted by Gasteiger charge is -2.11. The fraction of sp³-hybridized carbons (Fsp3) is 0.571. The first-order valence-corrected chi connectivity index (χ1v) is 7.29. The van der Waals surface area contributed by atoms with Crippen LogP contribution < -0.4 is 22.1 Å². The SMILES string of the molecule is CC(=O)O[C@H](C)CCCCn1c(=O)c2c(n(C)c1=O)=NC(=O)N=2. The number of hydrogen-bond acceptors (Lipinski definition) is 5. The molecule has 2 heterocycles. The number of esters is 1. The topological polar surface area (TPSA) is 112 Å². The molecule has 0 fully saturated rings. The van der Waals surface area contributed by atoms with E-state index in [0.29, 0.717) is 19.3 Å². The van der Waals surface area contributed by atoms with Crippen molar-refractivity contribution in [2.24, 2.45) is 17.0 Å². The lowest BCUT2D eigenvalue weighted by atomic mass is 10.2. The molecule has 0 unspecified atom stereocenters. The molecule has 9 heteroatoms. The summed E-state index contributed by atoms with van der Waals surface area (Å²) >= 11 is 0. The van der Waals surface area contributed by atoms with E-state index < -0.39 is 17.3 Å². The summed E-state index contributed by atoms with van der Waals surface area (Å²) < 4.78 is 7.20. The van der Waals surface area contributed by atoms with E-state index in [1.54, 1.807) is 6.92 Å². The number of carbonyl (C=O) groups excluding carboxylic acids is 2. The van der Waals surface area contributed by atoms with Gasteiger partial charge in [-0.15, -0.1) is 0 Å². The minimum atomic E-state index is -0.778. The van der Waals surface area contributed by atoms with Crippen LogP contribution in [0.4, 0.5) is 4.79 Å². The standard InChI is InChI=1S/C14H18N4O5/c1-8(23-9(2)19)6-4-5-7-18-12(20)10-11(16-13(21)15-10)17(3)14(18)22/h8H,4-7H2,1-3H3/t8-/m1/s1. The molecule has 1 aliphatic rings.